The van der Waals surface area contributed by atoms with E-state index in [-0.39, 0.29) is 5.69 Å². The van der Waals surface area contributed by atoms with Crippen molar-refractivity contribution in [2.45, 2.75) is 13.5 Å². The van der Waals surface area contributed by atoms with Crippen molar-refractivity contribution in [2.24, 2.45) is 14.1 Å². The van der Waals surface area contributed by atoms with Crippen molar-refractivity contribution in [3.63, 3.8) is 0 Å². The first-order valence-corrected chi connectivity index (χ1v) is 4.84. The molecule has 0 N–H and O–H groups in total. The quantitative estimate of drug-likeness (QED) is 0.392. The van der Waals surface area contributed by atoms with Crippen molar-refractivity contribution in [1.82, 2.24) is 9.13 Å². The summed E-state index contributed by atoms with van der Waals surface area (Å²) in [5.41, 5.74) is -2.79. The van der Waals surface area contributed by atoms with Gasteiger partial charge >= 0.3 is 22.9 Å². The molecule has 0 spiro atoms. The first-order chi connectivity index (χ1) is 8.27. The van der Waals surface area contributed by atoms with E-state index >= 15 is 0 Å². The van der Waals surface area contributed by atoms with Gasteiger partial charge in [0.05, 0.1) is 4.92 Å². The maximum atomic E-state index is 11.6. The average Bonchev–Trinajstić information content (AvgIpc) is 2.28. The number of esters is 1. The maximum absolute atomic E-state index is 11.6. The molecule has 1 aromatic heterocycles. The monoisotopic (exact) mass is 257 g/mol. The molecule has 0 radical (unpaired) electrons. The molecular weight excluding hydrogens is 246 g/mol. The van der Waals surface area contributed by atoms with Gasteiger partial charge in [0.15, 0.2) is 0 Å². The summed E-state index contributed by atoms with van der Waals surface area (Å²) in [6.07, 6.45) is 0. The fraction of sp³-hybridized carbons (Fsp3) is 0.444. The van der Waals surface area contributed by atoms with E-state index in [2.05, 4.69) is 4.74 Å². The zero-order valence-electron chi connectivity index (χ0n) is 10.00. The van der Waals surface area contributed by atoms with E-state index in [1.165, 1.54) is 7.05 Å². The van der Waals surface area contributed by atoms with Gasteiger partial charge in [-0.2, -0.15) is 0 Å². The van der Waals surface area contributed by atoms with Crippen molar-refractivity contribution in [3.05, 3.63) is 36.6 Å². The van der Waals surface area contributed by atoms with E-state index in [1.807, 2.05) is 0 Å². The zero-order chi connectivity index (χ0) is 14.0. The molecule has 1 aromatic rings. The van der Waals surface area contributed by atoms with Gasteiger partial charge in [-0.3, -0.25) is 28.8 Å². The standard InChI is InChI=1S/C9H11N3O6/c1-5(13)18-4-6-7(12(16)17)8(14)11(3)9(15)10(6)2/h4H2,1-3H3. The molecule has 98 valence electrons. The molecule has 0 amide bonds. The van der Waals surface area contributed by atoms with E-state index < -0.39 is 34.4 Å². The SMILES string of the molecule is CC(=O)OCc1c([N+](=O)[O-])c(=O)n(C)c(=O)n1C. The minimum atomic E-state index is -1.04. The molecule has 0 unspecified atom stereocenters. The molecule has 0 aromatic carbocycles. The summed E-state index contributed by atoms with van der Waals surface area (Å²) in [4.78, 5) is 43.8. The Balaban J connectivity index is 3.56. The van der Waals surface area contributed by atoms with Crippen LogP contribution in [0.2, 0.25) is 0 Å². The third-order valence-electron chi connectivity index (χ3n) is 2.35. The highest BCUT2D eigenvalue weighted by molar-refractivity contribution is 5.66. The van der Waals surface area contributed by atoms with Crippen LogP contribution in [0.15, 0.2) is 9.59 Å². The highest BCUT2D eigenvalue weighted by Crippen LogP contribution is 2.11. The minimum Gasteiger partial charge on any atom is -0.459 e. The van der Waals surface area contributed by atoms with Gasteiger partial charge < -0.3 is 4.74 Å². The van der Waals surface area contributed by atoms with E-state index in [9.17, 15) is 24.5 Å². The highest BCUT2D eigenvalue weighted by atomic mass is 16.6. The van der Waals surface area contributed by atoms with Gasteiger partial charge in [-0.25, -0.2) is 4.79 Å². The van der Waals surface area contributed by atoms with Gasteiger partial charge in [-0.15, -0.1) is 0 Å². The molecule has 9 nitrogen and oxygen atoms in total. The number of nitro groups is 1. The van der Waals surface area contributed by atoms with Crippen LogP contribution in [0.25, 0.3) is 0 Å². The molecule has 1 rings (SSSR count). The lowest BCUT2D eigenvalue weighted by Crippen LogP contribution is -2.40. The molecule has 0 aliphatic carbocycles. The van der Waals surface area contributed by atoms with Gasteiger partial charge in [0.2, 0.25) is 0 Å². The van der Waals surface area contributed by atoms with Crippen LogP contribution in [-0.2, 0) is 30.2 Å². The van der Waals surface area contributed by atoms with Crippen LogP contribution in [-0.4, -0.2) is 20.0 Å². The van der Waals surface area contributed by atoms with Crippen LogP contribution < -0.4 is 11.2 Å². The average molecular weight is 257 g/mol. The topological polar surface area (TPSA) is 113 Å². The van der Waals surface area contributed by atoms with Crippen LogP contribution in [0, 0.1) is 10.1 Å². The third kappa shape index (κ3) is 2.29. The van der Waals surface area contributed by atoms with Crippen molar-refractivity contribution >= 4 is 11.7 Å². The third-order valence-corrected chi connectivity index (χ3v) is 2.35. The predicted molar refractivity (Wildman–Crippen MR) is 59.0 cm³/mol. The Kier molecular flexibility index (Phi) is 3.64. The number of hydrogen-bond acceptors (Lipinski definition) is 6. The lowest BCUT2D eigenvalue weighted by Gasteiger charge is -2.09. The van der Waals surface area contributed by atoms with Crippen LogP contribution in [0.4, 0.5) is 5.69 Å². The van der Waals surface area contributed by atoms with Crippen molar-refractivity contribution < 1.29 is 14.5 Å². The van der Waals surface area contributed by atoms with E-state index in [0.717, 1.165) is 18.5 Å². The molecule has 1 heterocycles. The molecule has 0 bridgehead atoms. The Morgan fingerprint density at radius 2 is 1.89 bits per heavy atom. The summed E-state index contributed by atoms with van der Waals surface area (Å²) in [5, 5.41) is 10.8. The number of nitrogens with zero attached hydrogens (tertiary/aromatic N) is 3. The highest BCUT2D eigenvalue weighted by Gasteiger charge is 2.25. The molecular formula is C9H11N3O6. The number of carbonyl (C=O) groups is 1. The number of ether oxygens (including phenoxy) is 1. The van der Waals surface area contributed by atoms with Crippen molar-refractivity contribution in [3.8, 4) is 0 Å². The maximum Gasteiger partial charge on any atom is 0.357 e. The van der Waals surface area contributed by atoms with Crippen LogP contribution in [0.1, 0.15) is 12.6 Å². The number of carbonyl (C=O) groups excluding carboxylic acids is 1. The largest absolute Gasteiger partial charge is 0.459 e. The van der Waals surface area contributed by atoms with Gasteiger partial charge in [-0.1, -0.05) is 0 Å². The normalized spacial score (nSPS) is 10.2. The summed E-state index contributed by atoms with van der Waals surface area (Å²) in [5.74, 6) is -0.669. The van der Waals surface area contributed by atoms with Gasteiger partial charge in [0, 0.05) is 21.0 Å². The fourth-order valence-corrected chi connectivity index (χ4v) is 1.39. The smallest absolute Gasteiger partial charge is 0.357 e. The zero-order valence-corrected chi connectivity index (χ0v) is 10.00. The van der Waals surface area contributed by atoms with Crippen LogP contribution in [0.3, 0.4) is 0 Å². The van der Waals surface area contributed by atoms with Gasteiger partial charge in [0.1, 0.15) is 12.3 Å². The minimum absolute atomic E-state index is 0.247. The molecule has 0 saturated heterocycles. The Morgan fingerprint density at radius 1 is 1.33 bits per heavy atom. The molecule has 0 atom stereocenters. The number of hydrogen-bond donors (Lipinski definition) is 0. The van der Waals surface area contributed by atoms with E-state index in [0.29, 0.717) is 4.57 Å². The summed E-state index contributed by atoms with van der Waals surface area (Å²) in [6, 6.07) is 0. The fourth-order valence-electron chi connectivity index (χ4n) is 1.39. The molecule has 9 heteroatoms. The molecule has 0 aliphatic rings. The summed E-state index contributed by atoms with van der Waals surface area (Å²) in [6.45, 7) is 0.610. The molecule has 18 heavy (non-hydrogen) atoms. The number of aromatic nitrogens is 2. The lowest BCUT2D eigenvalue weighted by molar-refractivity contribution is -0.388. The molecule has 0 saturated carbocycles. The first-order valence-electron chi connectivity index (χ1n) is 4.84. The summed E-state index contributed by atoms with van der Waals surface area (Å²) >= 11 is 0. The van der Waals surface area contributed by atoms with Crippen molar-refractivity contribution in [1.29, 1.82) is 0 Å². The van der Waals surface area contributed by atoms with Gasteiger partial charge in [-0.05, 0) is 0 Å². The van der Waals surface area contributed by atoms with E-state index in [1.54, 1.807) is 0 Å². The van der Waals surface area contributed by atoms with Crippen LogP contribution >= 0.6 is 0 Å². The molecule has 0 fully saturated rings. The van der Waals surface area contributed by atoms with Gasteiger partial charge in [0.25, 0.3) is 0 Å². The van der Waals surface area contributed by atoms with Crippen LogP contribution in [0.5, 0.6) is 0 Å². The lowest BCUT2D eigenvalue weighted by atomic mass is 10.3. The second-order valence-corrected chi connectivity index (χ2v) is 3.54. The van der Waals surface area contributed by atoms with Crippen molar-refractivity contribution in [2.75, 3.05) is 0 Å². The predicted octanol–water partition coefficient (Wildman–Crippen LogP) is -0.945. The number of rotatable bonds is 3. The Morgan fingerprint density at radius 3 is 2.33 bits per heavy atom. The second kappa shape index (κ2) is 4.82. The Hall–Kier alpha value is -2.45. The summed E-state index contributed by atoms with van der Waals surface area (Å²) in [7, 11) is 2.39. The first kappa shape index (κ1) is 13.6. The Bertz CT molecular complexity index is 626. The van der Waals surface area contributed by atoms with E-state index in [4.69, 9.17) is 0 Å². The Labute approximate surface area is 100 Å². The second-order valence-electron chi connectivity index (χ2n) is 3.54. The molecule has 0 aliphatic heterocycles. The summed E-state index contributed by atoms with van der Waals surface area (Å²) < 4.78 is 6.12.